The van der Waals surface area contributed by atoms with Gasteiger partial charge in [0.2, 0.25) is 0 Å². The van der Waals surface area contributed by atoms with Crippen molar-refractivity contribution in [1.29, 1.82) is 0 Å². The number of hydrogen-bond donors (Lipinski definition) is 16. The van der Waals surface area contributed by atoms with Crippen LogP contribution in [0.3, 0.4) is 0 Å². The zero-order valence-electron chi connectivity index (χ0n) is 47.1. The van der Waals surface area contributed by atoms with Gasteiger partial charge in [0, 0.05) is 12.3 Å². The molecular formula is C55H92O27. The van der Waals surface area contributed by atoms with Gasteiger partial charge in [-0.15, -0.1) is 0 Å². The van der Waals surface area contributed by atoms with Crippen molar-refractivity contribution in [2.75, 3.05) is 26.4 Å². The highest BCUT2D eigenvalue weighted by Crippen LogP contribution is 2.71. The van der Waals surface area contributed by atoms with Crippen LogP contribution in [0.25, 0.3) is 0 Å². The summed E-state index contributed by atoms with van der Waals surface area (Å²) >= 11 is 0. The molecule has 0 aromatic carbocycles. The molecule has 10 fully saturated rings. The smallest absolute Gasteiger partial charge is 0.187 e. The van der Waals surface area contributed by atoms with Gasteiger partial charge in [0.1, 0.15) is 110 Å². The van der Waals surface area contributed by atoms with Crippen LogP contribution in [-0.4, -0.2) is 280 Å². The summed E-state index contributed by atoms with van der Waals surface area (Å²) in [6, 6.07) is 0. The molecule has 0 radical (unpaired) electrons. The summed E-state index contributed by atoms with van der Waals surface area (Å²) in [5.74, 6) is 0.182. The predicted octanol–water partition coefficient (Wildman–Crippen LogP) is -4.71. The van der Waals surface area contributed by atoms with Gasteiger partial charge in [0.15, 0.2) is 37.2 Å². The van der Waals surface area contributed by atoms with Crippen LogP contribution in [0, 0.1) is 46.3 Å². The van der Waals surface area contributed by atoms with Crippen LogP contribution in [0.2, 0.25) is 0 Å². The third-order valence-corrected chi connectivity index (χ3v) is 21.5. The summed E-state index contributed by atoms with van der Waals surface area (Å²) in [4.78, 5) is 0. The molecule has 6 saturated heterocycles. The Labute approximate surface area is 475 Å². The fraction of sp³-hybridized carbons (Fsp3) is 1.00. The van der Waals surface area contributed by atoms with Gasteiger partial charge in [-0.05, 0) is 112 Å². The molecule has 82 heavy (non-hydrogen) atoms. The molecule has 4 saturated carbocycles. The molecule has 0 aromatic heterocycles. The molecule has 27 nitrogen and oxygen atoms in total. The standard InChI is InChI=1S/C55H92O27/c1-20(74-49-42(67)38(63)35(60)30(16-56)77-49)8-13-55(71)21(2)33-29(82-55)15-27-25-7-6-23-14-24(9-11-53(23,4)26(25)10-12-54(27,33)5)76-50-43(68)40(65)37(62)32(79-50)19-73-48-45(70)41(66)46(22(3)75-48)80-52-47(34(59)28(58)18-72-52)81-51-44(69)39(64)36(61)31(17-57)78-51/h20-52,56-71H,6-19H2,1-5H3/t20-,21-,22+,23+,24-,25+,26+,27+,28+,29-,30+,31+,32+,33-,34-,35+,36+,37+,38-,39-,40-,41+,42+,43+,44+,45+,46+,47+,48+,49+,50+,51-,52-,53+,54-,55+/m1/s1. The number of aliphatic hydroxyl groups is 16. The lowest BCUT2D eigenvalue weighted by atomic mass is 9.44. The van der Waals surface area contributed by atoms with Gasteiger partial charge < -0.3 is 134 Å². The summed E-state index contributed by atoms with van der Waals surface area (Å²) in [5, 5.41) is 171. The van der Waals surface area contributed by atoms with E-state index in [0.717, 1.165) is 38.5 Å². The van der Waals surface area contributed by atoms with Gasteiger partial charge in [-0.25, -0.2) is 0 Å². The van der Waals surface area contributed by atoms with Crippen LogP contribution in [0.15, 0.2) is 0 Å². The van der Waals surface area contributed by atoms with Crippen LogP contribution in [0.5, 0.6) is 0 Å². The van der Waals surface area contributed by atoms with Gasteiger partial charge in [0.05, 0.1) is 50.8 Å². The lowest BCUT2D eigenvalue weighted by Crippen LogP contribution is -2.65. The molecule has 0 unspecified atom stereocenters. The first-order valence-electron chi connectivity index (χ1n) is 29.7. The molecule has 27 heteroatoms. The molecule has 0 amide bonds. The molecule has 16 N–H and O–H groups in total. The van der Waals surface area contributed by atoms with Crippen LogP contribution >= 0.6 is 0 Å². The number of aliphatic hydroxyl groups excluding tert-OH is 15. The second-order valence-electron chi connectivity index (χ2n) is 26.2. The first kappa shape index (κ1) is 63.9. The van der Waals surface area contributed by atoms with Gasteiger partial charge in [-0.1, -0.05) is 20.8 Å². The van der Waals surface area contributed by atoms with Crippen molar-refractivity contribution in [1.82, 2.24) is 0 Å². The van der Waals surface area contributed by atoms with Gasteiger partial charge in [-0.3, -0.25) is 0 Å². The predicted molar refractivity (Wildman–Crippen MR) is 272 cm³/mol. The van der Waals surface area contributed by atoms with Crippen molar-refractivity contribution in [3.63, 3.8) is 0 Å². The van der Waals surface area contributed by atoms with E-state index in [1.807, 2.05) is 0 Å². The van der Waals surface area contributed by atoms with Crippen molar-refractivity contribution in [3.8, 4) is 0 Å². The largest absolute Gasteiger partial charge is 0.394 e. The maximum absolute atomic E-state index is 12.1. The normalized spacial score (nSPS) is 56.5. The molecule has 0 aromatic rings. The summed E-state index contributed by atoms with van der Waals surface area (Å²) in [6.07, 6.45) is -30.5. The van der Waals surface area contributed by atoms with Crippen molar-refractivity contribution >= 4 is 0 Å². The molecule has 4 aliphatic carbocycles. The highest BCUT2D eigenvalue weighted by Gasteiger charge is 2.69. The Kier molecular flexibility index (Phi) is 19.5. The molecule has 0 bridgehead atoms. The molecule has 6 heterocycles. The minimum absolute atomic E-state index is 0.00747. The molecule has 10 aliphatic rings. The number of rotatable bonds is 16. The number of hydrogen-bond acceptors (Lipinski definition) is 27. The second kappa shape index (κ2) is 25.1. The Morgan fingerprint density at radius 1 is 0.549 bits per heavy atom. The topological polar surface area (TPSA) is 425 Å². The zero-order valence-corrected chi connectivity index (χ0v) is 47.1. The maximum Gasteiger partial charge on any atom is 0.187 e. The van der Waals surface area contributed by atoms with E-state index in [-0.39, 0.29) is 41.3 Å². The van der Waals surface area contributed by atoms with E-state index in [1.54, 1.807) is 6.92 Å². The van der Waals surface area contributed by atoms with Crippen LogP contribution in [-0.2, 0) is 52.1 Å². The van der Waals surface area contributed by atoms with Crippen LogP contribution in [0.4, 0.5) is 0 Å². The van der Waals surface area contributed by atoms with Gasteiger partial charge in [0.25, 0.3) is 0 Å². The maximum atomic E-state index is 12.1. The van der Waals surface area contributed by atoms with Crippen LogP contribution < -0.4 is 0 Å². The number of fused-ring (bicyclic) bond motifs is 7. The Hall–Kier alpha value is -1.08. The van der Waals surface area contributed by atoms with Crippen LogP contribution in [0.1, 0.15) is 98.8 Å². The zero-order chi connectivity index (χ0) is 59.2. The second-order valence-corrected chi connectivity index (χ2v) is 26.2. The average Bonchev–Trinajstić information content (AvgIpc) is 4.13. The molecule has 0 spiro atoms. The fourth-order valence-corrected chi connectivity index (χ4v) is 16.6. The molecule has 36 atom stereocenters. The van der Waals surface area contributed by atoms with E-state index < -0.39 is 186 Å². The van der Waals surface area contributed by atoms with Gasteiger partial charge >= 0.3 is 0 Å². The van der Waals surface area contributed by atoms with E-state index in [9.17, 15) is 81.7 Å². The van der Waals surface area contributed by atoms with E-state index in [4.69, 9.17) is 52.1 Å². The van der Waals surface area contributed by atoms with Crippen molar-refractivity contribution in [2.24, 2.45) is 46.3 Å². The van der Waals surface area contributed by atoms with Crippen molar-refractivity contribution < 1.29 is 134 Å². The Bertz CT molecular complexity index is 2100. The van der Waals surface area contributed by atoms with E-state index in [0.29, 0.717) is 42.9 Å². The molecule has 10 rings (SSSR count). The molecular weight excluding hydrogens is 1090 g/mol. The Balaban J connectivity index is 0.703. The quantitative estimate of drug-likeness (QED) is 0.0646. The van der Waals surface area contributed by atoms with Crippen molar-refractivity contribution in [2.45, 2.75) is 270 Å². The van der Waals surface area contributed by atoms with E-state index in [2.05, 4.69) is 20.8 Å². The summed E-state index contributed by atoms with van der Waals surface area (Å²) in [7, 11) is 0. The lowest BCUT2D eigenvalue weighted by Gasteiger charge is -2.61. The average molecular weight is 1190 g/mol. The minimum Gasteiger partial charge on any atom is -0.394 e. The summed E-state index contributed by atoms with van der Waals surface area (Å²) < 4.78 is 65.2. The number of ether oxygens (including phenoxy) is 11. The molecule has 6 aliphatic heterocycles. The monoisotopic (exact) mass is 1180 g/mol. The lowest BCUT2D eigenvalue weighted by molar-refractivity contribution is -0.378. The fourth-order valence-electron chi connectivity index (χ4n) is 16.6. The van der Waals surface area contributed by atoms with E-state index >= 15 is 0 Å². The first-order valence-corrected chi connectivity index (χ1v) is 29.7. The Morgan fingerprint density at radius 3 is 1.78 bits per heavy atom. The third-order valence-electron chi connectivity index (χ3n) is 21.5. The highest BCUT2D eigenvalue weighted by atomic mass is 16.8. The summed E-state index contributed by atoms with van der Waals surface area (Å²) in [5.41, 5.74) is -0.0481. The Morgan fingerprint density at radius 2 is 1.12 bits per heavy atom. The van der Waals surface area contributed by atoms with Gasteiger partial charge in [-0.2, -0.15) is 0 Å². The SMILES string of the molecule is C[C@H](CC[C@]1(O)O[C@@H]2C[C@H]3[C@H]4CC[C@H]5C[C@H](O[C@H]6O[C@@H](CO[C@H]7O[C@@H](C)[C@H](O[C@H]8OC[C@H](O)[C@@H](O)[C@@H]8O[C@H]8O[C@@H](CO)[C@H](O)[C@@H](O)[C@@H]8O)[C@@H](O)[C@@H]7O)[C@H](O)[C@@H](O)[C@@H]6O)CC[C@]5(C)[C@H]4CC[C@@]3(C)[C@@H]2[C@H]1C)O[C@H]1O[C@@H](CO)[C@H](O)[C@@H](O)[C@@H]1O. The van der Waals surface area contributed by atoms with E-state index in [1.165, 1.54) is 6.92 Å². The minimum atomic E-state index is -1.88. The highest BCUT2D eigenvalue weighted by molar-refractivity contribution is 5.15. The first-order chi connectivity index (χ1) is 38.7. The van der Waals surface area contributed by atoms with Crippen molar-refractivity contribution in [3.05, 3.63) is 0 Å². The third kappa shape index (κ3) is 11.6. The molecule has 474 valence electrons. The summed E-state index contributed by atoms with van der Waals surface area (Å²) in [6.45, 7) is 7.81.